The summed E-state index contributed by atoms with van der Waals surface area (Å²) in [5.41, 5.74) is 16.6. The van der Waals surface area contributed by atoms with Gasteiger partial charge in [-0.2, -0.15) is 0 Å². The zero-order valence-electron chi connectivity index (χ0n) is 42.1. The predicted octanol–water partition coefficient (Wildman–Crippen LogP) is 12.2. The first-order valence-corrected chi connectivity index (χ1v) is 27.2. The number of thioether (sulfide) groups is 1. The van der Waals surface area contributed by atoms with Gasteiger partial charge in [0.2, 0.25) is 0 Å². The molecular formula is C61H73N9S. The number of fused-ring (bicyclic) bond motifs is 2. The molecule has 0 amide bonds. The highest BCUT2D eigenvalue weighted by Gasteiger charge is 2.30. The molecule has 4 aromatic rings. The number of rotatable bonds is 15. The number of hydrogen-bond acceptors (Lipinski definition) is 10. The number of allylic oxidation sites excluding steroid dienone is 4. The van der Waals surface area contributed by atoms with Gasteiger partial charge in [0.1, 0.15) is 5.82 Å². The summed E-state index contributed by atoms with van der Waals surface area (Å²) in [6.45, 7) is 26.5. The maximum atomic E-state index is 9.03. The fourth-order valence-corrected chi connectivity index (χ4v) is 13.1. The van der Waals surface area contributed by atoms with Crippen molar-refractivity contribution in [3.8, 4) is 11.1 Å². The molecule has 1 saturated carbocycles. The SMILES string of the molecule is C=Cc1nc(N2CCc3cccc(C(=C)NC4=NC5C=CC=CC5S4)c3C2)ccc1-c1cccc(CC2CCC(CCCN3CCN(c4ccc(C(=N)C5CCC(=C)NC5=C)c(NC)c4)CC3)CC2)c1C. The molecule has 2 saturated heterocycles. The van der Waals surface area contributed by atoms with E-state index in [2.05, 4.69) is 155 Å². The van der Waals surface area contributed by atoms with E-state index in [0.717, 1.165) is 133 Å². The van der Waals surface area contributed by atoms with E-state index >= 15 is 0 Å². The summed E-state index contributed by atoms with van der Waals surface area (Å²) in [6.07, 6.45) is 22.4. The second-order valence-corrected chi connectivity index (χ2v) is 21.9. The molecule has 3 aromatic carbocycles. The summed E-state index contributed by atoms with van der Waals surface area (Å²) in [5.74, 6) is 2.57. The number of benzene rings is 3. The molecule has 3 atom stereocenters. The van der Waals surface area contributed by atoms with Crippen molar-refractivity contribution >= 4 is 51.6 Å². The highest BCUT2D eigenvalue weighted by molar-refractivity contribution is 8.14. The molecular weight excluding hydrogens is 891 g/mol. The molecule has 4 aliphatic heterocycles. The fourth-order valence-electron chi connectivity index (χ4n) is 12.0. The van der Waals surface area contributed by atoms with Gasteiger partial charge in [-0.3, -0.25) is 9.89 Å². The van der Waals surface area contributed by atoms with Crippen molar-refractivity contribution < 1.29 is 0 Å². The molecule has 0 radical (unpaired) electrons. The van der Waals surface area contributed by atoms with Gasteiger partial charge >= 0.3 is 0 Å². The van der Waals surface area contributed by atoms with Crippen LogP contribution in [0.25, 0.3) is 22.9 Å². The van der Waals surface area contributed by atoms with Crippen LogP contribution in [0, 0.1) is 30.1 Å². The van der Waals surface area contributed by atoms with E-state index in [1.165, 1.54) is 78.6 Å². The lowest BCUT2D eigenvalue weighted by Gasteiger charge is -2.37. The number of aliphatic imine (C=N–C) groups is 1. The van der Waals surface area contributed by atoms with Gasteiger partial charge in [-0.1, -0.05) is 112 Å². The quantitative estimate of drug-likeness (QED) is 0.0876. The van der Waals surface area contributed by atoms with E-state index in [9.17, 15) is 0 Å². The third kappa shape index (κ3) is 10.8. The van der Waals surface area contributed by atoms with Gasteiger partial charge in [0.05, 0.1) is 17.0 Å². The standard InChI is InChI=1S/C61H73N9S/c1-7-55-52(28-29-59(66-55)70-32-30-46-14-10-17-50(54(46)39-70)42(4)65-61-67-56-18-8-9-19-58(56)71-61)49-16-11-15-47(41(49)3)37-45-23-21-44(22-24-45)13-12-31-68-33-35-69(36-34-68)48-25-27-53(57(38-48)63-6)60(62)51-26-20-40(2)64-43(51)5/h7-11,14-19,25,27-29,38,44-45,51,56,58,62-64H,1-2,4-5,12-13,20-24,26,30-37,39H2,3,6H3,(H,65,67). The molecule has 368 valence electrons. The summed E-state index contributed by atoms with van der Waals surface area (Å²) < 4.78 is 0. The van der Waals surface area contributed by atoms with Crippen molar-refractivity contribution in [2.24, 2.45) is 22.7 Å². The molecule has 4 N–H and O–H groups in total. The van der Waals surface area contributed by atoms with Crippen LogP contribution in [0.1, 0.15) is 90.4 Å². The van der Waals surface area contributed by atoms with Gasteiger partial charge < -0.3 is 31.2 Å². The van der Waals surface area contributed by atoms with E-state index in [4.69, 9.17) is 15.4 Å². The lowest BCUT2D eigenvalue weighted by Crippen LogP contribution is -2.46. The minimum atomic E-state index is 0.000662. The smallest absolute Gasteiger partial charge is 0.162 e. The molecule has 71 heavy (non-hydrogen) atoms. The van der Waals surface area contributed by atoms with Crippen LogP contribution in [0.4, 0.5) is 17.2 Å². The van der Waals surface area contributed by atoms with E-state index in [1.54, 1.807) is 11.8 Å². The first kappa shape index (κ1) is 48.5. The van der Waals surface area contributed by atoms with Crippen LogP contribution in [0.15, 0.2) is 134 Å². The summed E-state index contributed by atoms with van der Waals surface area (Å²) in [5, 5.41) is 20.5. The molecule has 3 unspecified atom stereocenters. The number of aromatic nitrogens is 1. The van der Waals surface area contributed by atoms with Crippen molar-refractivity contribution in [2.45, 2.75) is 89.0 Å². The summed E-state index contributed by atoms with van der Waals surface area (Å²) in [4.78, 5) is 17.8. The van der Waals surface area contributed by atoms with Gasteiger partial charge in [-0.15, -0.1) is 0 Å². The second kappa shape index (κ2) is 21.7. The number of piperidine rings is 1. The normalized spacial score (nSPS) is 23.1. The number of hydrogen-bond donors (Lipinski definition) is 4. The van der Waals surface area contributed by atoms with Crippen molar-refractivity contribution in [3.05, 3.63) is 168 Å². The largest absolute Gasteiger partial charge is 0.388 e. The number of pyridine rings is 1. The molecule has 1 aromatic heterocycles. The predicted molar refractivity (Wildman–Crippen MR) is 303 cm³/mol. The maximum absolute atomic E-state index is 9.03. The number of amidine groups is 1. The Kier molecular flexibility index (Phi) is 14.8. The third-order valence-corrected chi connectivity index (χ3v) is 17.4. The van der Waals surface area contributed by atoms with Crippen LogP contribution in [0.2, 0.25) is 0 Å². The first-order valence-electron chi connectivity index (χ1n) is 26.3. The zero-order chi connectivity index (χ0) is 49.0. The monoisotopic (exact) mass is 964 g/mol. The van der Waals surface area contributed by atoms with E-state index in [0.29, 0.717) is 11.0 Å². The van der Waals surface area contributed by atoms with Crippen LogP contribution >= 0.6 is 11.8 Å². The van der Waals surface area contributed by atoms with Crippen LogP contribution in [0.3, 0.4) is 0 Å². The van der Waals surface area contributed by atoms with E-state index in [1.807, 2.05) is 13.1 Å². The molecule has 2 aliphatic carbocycles. The van der Waals surface area contributed by atoms with Crippen molar-refractivity contribution in [1.29, 1.82) is 5.41 Å². The minimum absolute atomic E-state index is 0.000662. The van der Waals surface area contributed by atoms with Crippen LogP contribution in [0.5, 0.6) is 0 Å². The van der Waals surface area contributed by atoms with E-state index in [-0.39, 0.29) is 12.0 Å². The van der Waals surface area contributed by atoms with Gasteiger partial charge in [0, 0.05) is 103 Å². The minimum Gasteiger partial charge on any atom is -0.388 e. The first-order chi connectivity index (χ1) is 34.6. The Labute approximate surface area is 427 Å². The third-order valence-electron chi connectivity index (χ3n) is 16.3. The lowest BCUT2D eigenvalue weighted by atomic mass is 9.77. The Morgan fingerprint density at radius 1 is 0.873 bits per heavy atom. The average Bonchev–Trinajstić information content (AvgIpc) is 3.81. The summed E-state index contributed by atoms with van der Waals surface area (Å²) >= 11 is 1.78. The molecule has 10 heteroatoms. The van der Waals surface area contributed by atoms with Gasteiger partial charge in [0.15, 0.2) is 5.17 Å². The second-order valence-electron chi connectivity index (χ2n) is 20.7. The van der Waals surface area contributed by atoms with Crippen LogP contribution in [-0.4, -0.2) is 78.4 Å². The Balaban J connectivity index is 0.688. The van der Waals surface area contributed by atoms with Gasteiger partial charge in [-0.05, 0) is 141 Å². The number of nitrogens with zero attached hydrogens (tertiary/aromatic N) is 5. The highest BCUT2D eigenvalue weighted by Crippen LogP contribution is 2.39. The molecule has 3 fully saturated rings. The maximum Gasteiger partial charge on any atom is 0.162 e. The Morgan fingerprint density at radius 2 is 1.68 bits per heavy atom. The number of anilines is 3. The molecule has 6 aliphatic rings. The Hall–Kier alpha value is -6.10. The molecule has 5 heterocycles. The average molecular weight is 964 g/mol. The van der Waals surface area contributed by atoms with Gasteiger partial charge in [-0.25, -0.2) is 4.98 Å². The molecule has 0 bridgehead atoms. The topological polar surface area (TPSA) is 94.9 Å². The fraction of sp³-hybridized carbons (Fsp3) is 0.393. The number of piperazine rings is 1. The summed E-state index contributed by atoms with van der Waals surface area (Å²) in [6, 6.07) is 24.7. The van der Waals surface area contributed by atoms with Crippen molar-refractivity contribution in [1.82, 2.24) is 20.5 Å². The molecule has 9 nitrogen and oxygen atoms in total. The van der Waals surface area contributed by atoms with Crippen LogP contribution < -0.4 is 25.8 Å². The number of nitrogens with one attached hydrogen (secondary N) is 4. The van der Waals surface area contributed by atoms with Crippen LogP contribution in [-0.2, 0) is 19.4 Å². The highest BCUT2D eigenvalue weighted by atomic mass is 32.2. The van der Waals surface area contributed by atoms with Crippen molar-refractivity contribution in [2.75, 3.05) is 61.4 Å². The lowest BCUT2D eigenvalue weighted by molar-refractivity contribution is 0.222. The van der Waals surface area contributed by atoms with Crippen molar-refractivity contribution in [3.63, 3.8) is 0 Å². The van der Waals surface area contributed by atoms with Gasteiger partial charge in [0.25, 0.3) is 0 Å². The Bertz CT molecular complexity index is 2790. The zero-order valence-corrected chi connectivity index (χ0v) is 42.9. The molecule has 10 rings (SSSR count). The summed E-state index contributed by atoms with van der Waals surface area (Å²) in [7, 11) is 1.96. The van der Waals surface area contributed by atoms with E-state index < -0.39 is 0 Å². The Morgan fingerprint density at radius 3 is 2.46 bits per heavy atom. The molecule has 0 spiro atoms.